The molecule has 2 aromatic rings. The maximum Gasteiger partial charge on any atom is 0.305 e. The third-order valence-corrected chi connectivity index (χ3v) is 5.60. The number of carbonyl (C=O) groups excluding carboxylic acids is 1. The topological polar surface area (TPSA) is 38.8 Å². The van der Waals surface area contributed by atoms with E-state index in [4.69, 9.17) is 21.1 Å². The number of halogens is 1. The Morgan fingerprint density at radius 2 is 1.93 bits per heavy atom. The van der Waals surface area contributed by atoms with Crippen LogP contribution in [-0.4, -0.2) is 36.8 Å². The third-order valence-electron chi connectivity index (χ3n) is 5.27. The zero-order valence-corrected chi connectivity index (χ0v) is 17.9. The summed E-state index contributed by atoms with van der Waals surface area (Å²) in [5.41, 5.74) is 3.30. The van der Waals surface area contributed by atoms with E-state index in [9.17, 15) is 4.79 Å². The van der Waals surface area contributed by atoms with Gasteiger partial charge >= 0.3 is 5.97 Å². The fourth-order valence-electron chi connectivity index (χ4n) is 3.73. The standard InChI is InChI=1S/C24H30ClNO3/c1-2-28-24(27)11-7-17-26-16-6-5-10-23(26)29-18-19-12-14-20(15-13-19)21-8-3-4-9-22(21)25/h3-4,8-9,12-15,23H,2,5-7,10-11,16-18H2,1H3. The SMILES string of the molecule is CCOC(=O)CCCN1CCCCC1OCc1ccc(-c2ccccc2Cl)cc1. The number of likely N-dealkylation sites (tertiary alicyclic amines) is 1. The molecular formula is C24H30ClNO3. The molecule has 3 rings (SSSR count). The lowest BCUT2D eigenvalue weighted by Gasteiger charge is -2.35. The number of hydrogen-bond acceptors (Lipinski definition) is 4. The van der Waals surface area contributed by atoms with Gasteiger partial charge in [0.2, 0.25) is 0 Å². The van der Waals surface area contributed by atoms with Crippen LogP contribution in [0.25, 0.3) is 11.1 Å². The van der Waals surface area contributed by atoms with Crippen molar-refractivity contribution >= 4 is 17.6 Å². The number of ether oxygens (including phenoxy) is 2. The van der Waals surface area contributed by atoms with E-state index in [1.54, 1.807) is 0 Å². The van der Waals surface area contributed by atoms with Gasteiger partial charge < -0.3 is 9.47 Å². The summed E-state index contributed by atoms with van der Waals surface area (Å²) in [6.45, 7) is 4.77. The van der Waals surface area contributed by atoms with Gasteiger partial charge in [0.15, 0.2) is 0 Å². The molecule has 1 unspecified atom stereocenters. The maximum absolute atomic E-state index is 11.5. The van der Waals surface area contributed by atoms with Gasteiger partial charge in [-0.15, -0.1) is 0 Å². The van der Waals surface area contributed by atoms with E-state index in [0.29, 0.717) is 19.6 Å². The Bertz CT molecular complexity index is 778. The quantitative estimate of drug-likeness (QED) is 0.494. The van der Waals surface area contributed by atoms with Crippen LogP contribution in [0.15, 0.2) is 48.5 Å². The molecule has 2 aromatic carbocycles. The smallest absolute Gasteiger partial charge is 0.305 e. The van der Waals surface area contributed by atoms with Gasteiger partial charge in [0, 0.05) is 30.1 Å². The van der Waals surface area contributed by atoms with Gasteiger partial charge in [-0.05, 0) is 49.8 Å². The van der Waals surface area contributed by atoms with E-state index in [-0.39, 0.29) is 12.2 Å². The number of carbonyl (C=O) groups is 1. The Hall–Kier alpha value is -1.88. The molecule has 0 aliphatic carbocycles. The minimum atomic E-state index is -0.111. The van der Waals surface area contributed by atoms with E-state index >= 15 is 0 Å². The van der Waals surface area contributed by atoms with E-state index in [0.717, 1.165) is 47.6 Å². The molecule has 1 saturated heterocycles. The van der Waals surface area contributed by atoms with E-state index < -0.39 is 0 Å². The van der Waals surface area contributed by atoms with Crippen LogP contribution in [0.2, 0.25) is 5.02 Å². The minimum Gasteiger partial charge on any atom is -0.466 e. The van der Waals surface area contributed by atoms with Crippen molar-refractivity contribution in [3.05, 3.63) is 59.1 Å². The molecule has 0 amide bonds. The van der Waals surface area contributed by atoms with Crippen molar-refractivity contribution in [2.75, 3.05) is 19.7 Å². The Morgan fingerprint density at radius 3 is 2.69 bits per heavy atom. The van der Waals surface area contributed by atoms with Crippen molar-refractivity contribution in [3.8, 4) is 11.1 Å². The third kappa shape index (κ3) is 6.56. The van der Waals surface area contributed by atoms with Gasteiger partial charge in [-0.1, -0.05) is 54.1 Å². The molecule has 0 aromatic heterocycles. The predicted molar refractivity (Wildman–Crippen MR) is 117 cm³/mol. The Balaban J connectivity index is 1.51. The van der Waals surface area contributed by atoms with Crippen molar-refractivity contribution in [2.45, 2.75) is 51.9 Å². The molecule has 0 saturated carbocycles. The molecule has 1 heterocycles. The number of rotatable bonds is 9. The molecule has 5 heteroatoms. The fraction of sp³-hybridized carbons (Fsp3) is 0.458. The minimum absolute atomic E-state index is 0.111. The van der Waals surface area contributed by atoms with Crippen LogP contribution in [-0.2, 0) is 20.9 Å². The summed E-state index contributed by atoms with van der Waals surface area (Å²) in [6, 6.07) is 16.3. The predicted octanol–water partition coefficient (Wildman–Crippen LogP) is 5.68. The molecule has 1 atom stereocenters. The molecule has 4 nitrogen and oxygen atoms in total. The average Bonchev–Trinajstić information content (AvgIpc) is 2.74. The lowest BCUT2D eigenvalue weighted by Crippen LogP contribution is -2.41. The van der Waals surface area contributed by atoms with Crippen LogP contribution in [0.1, 0.15) is 44.6 Å². The van der Waals surface area contributed by atoms with Crippen LogP contribution >= 0.6 is 11.6 Å². The average molecular weight is 416 g/mol. The summed E-state index contributed by atoms with van der Waals surface area (Å²) in [7, 11) is 0. The summed E-state index contributed by atoms with van der Waals surface area (Å²) in [5, 5.41) is 0.761. The second kappa shape index (κ2) is 11.3. The molecule has 1 fully saturated rings. The molecule has 29 heavy (non-hydrogen) atoms. The molecule has 1 aliphatic heterocycles. The Kier molecular flexibility index (Phi) is 8.53. The van der Waals surface area contributed by atoms with E-state index in [1.807, 2.05) is 31.2 Å². The van der Waals surface area contributed by atoms with Crippen LogP contribution in [0.4, 0.5) is 0 Å². The zero-order valence-electron chi connectivity index (χ0n) is 17.1. The molecule has 0 N–H and O–H groups in total. The summed E-state index contributed by atoms with van der Waals surface area (Å²) in [5.74, 6) is -0.111. The molecular weight excluding hydrogens is 386 g/mol. The first-order valence-electron chi connectivity index (χ1n) is 10.5. The fourth-order valence-corrected chi connectivity index (χ4v) is 3.98. The van der Waals surface area contributed by atoms with Crippen LogP contribution in [0.5, 0.6) is 0 Å². The summed E-state index contributed by atoms with van der Waals surface area (Å²) in [6.07, 6.45) is 4.81. The zero-order chi connectivity index (χ0) is 20.5. The highest BCUT2D eigenvalue weighted by atomic mass is 35.5. The monoisotopic (exact) mass is 415 g/mol. The largest absolute Gasteiger partial charge is 0.466 e. The maximum atomic E-state index is 11.5. The van der Waals surface area contributed by atoms with Gasteiger partial charge in [0.05, 0.1) is 13.2 Å². The van der Waals surface area contributed by atoms with Crippen molar-refractivity contribution < 1.29 is 14.3 Å². The second-order valence-corrected chi connectivity index (χ2v) is 7.79. The number of hydrogen-bond donors (Lipinski definition) is 0. The highest BCUT2D eigenvalue weighted by Gasteiger charge is 2.22. The summed E-state index contributed by atoms with van der Waals surface area (Å²) < 4.78 is 11.3. The second-order valence-electron chi connectivity index (χ2n) is 7.38. The molecule has 0 spiro atoms. The van der Waals surface area contributed by atoms with Crippen LogP contribution < -0.4 is 0 Å². The highest BCUT2D eigenvalue weighted by molar-refractivity contribution is 6.33. The molecule has 0 radical (unpaired) electrons. The van der Waals surface area contributed by atoms with Gasteiger partial charge in [0.1, 0.15) is 6.23 Å². The van der Waals surface area contributed by atoms with Crippen molar-refractivity contribution in [1.29, 1.82) is 0 Å². The van der Waals surface area contributed by atoms with Gasteiger partial charge in [-0.3, -0.25) is 9.69 Å². The van der Waals surface area contributed by atoms with Crippen molar-refractivity contribution in [3.63, 3.8) is 0 Å². The van der Waals surface area contributed by atoms with E-state index in [1.165, 1.54) is 12.8 Å². The van der Waals surface area contributed by atoms with Crippen molar-refractivity contribution in [2.24, 2.45) is 0 Å². The number of nitrogens with zero attached hydrogens (tertiary/aromatic N) is 1. The lowest BCUT2D eigenvalue weighted by atomic mass is 10.0. The van der Waals surface area contributed by atoms with Crippen LogP contribution in [0, 0.1) is 0 Å². The normalized spacial score (nSPS) is 17.2. The first kappa shape index (κ1) is 21.8. The first-order valence-corrected chi connectivity index (χ1v) is 10.9. The van der Waals surface area contributed by atoms with E-state index in [2.05, 4.69) is 29.2 Å². The van der Waals surface area contributed by atoms with Crippen LogP contribution in [0.3, 0.4) is 0 Å². The number of esters is 1. The Labute approximate surface area is 178 Å². The summed E-state index contributed by atoms with van der Waals surface area (Å²) in [4.78, 5) is 13.9. The highest BCUT2D eigenvalue weighted by Crippen LogP contribution is 2.28. The first-order chi connectivity index (χ1) is 14.2. The lowest BCUT2D eigenvalue weighted by molar-refractivity contribution is -0.143. The van der Waals surface area contributed by atoms with Crippen molar-refractivity contribution in [1.82, 2.24) is 4.90 Å². The van der Waals surface area contributed by atoms with Gasteiger partial charge in [-0.2, -0.15) is 0 Å². The molecule has 156 valence electrons. The van der Waals surface area contributed by atoms with Gasteiger partial charge in [0.25, 0.3) is 0 Å². The number of benzene rings is 2. The number of piperidine rings is 1. The molecule has 1 aliphatic rings. The van der Waals surface area contributed by atoms with Gasteiger partial charge in [-0.25, -0.2) is 0 Å². The Morgan fingerprint density at radius 1 is 1.14 bits per heavy atom. The summed E-state index contributed by atoms with van der Waals surface area (Å²) >= 11 is 6.30. The molecule has 0 bridgehead atoms.